The molecule has 0 radical (unpaired) electrons. The van der Waals surface area contributed by atoms with E-state index in [1.54, 1.807) is 64.1 Å². The number of sulfonamides is 1. The van der Waals surface area contributed by atoms with Crippen molar-refractivity contribution in [1.82, 2.24) is 4.31 Å². The summed E-state index contributed by atoms with van der Waals surface area (Å²) in [5.41, 5.74) is 1.48. The van der Waals surface area contributed by atoms with E-state index in [4.69, 9.17) is 10.00 Å². The summed E-state index contributed by atoms with van der Waals surface area (Å²) in [5, 5.41) is 11.5. The number of hydrogen-bond acceptors (Lipinski definition) is 5. The first-order valence-electron chi connectivity index (χ1n) is 9.31. The first-order chi connectivity index (χ1) is 13.7. The van der Waals surface area contributed by atoms with Crippen LogP contribution in [-0.2, 0) is 14.8 Å². The molecule has 1 amide bonds. The van der Waals surface area contributed by atoms with Crippen LogP contribution in [0.4, 0.5) is 5.69 Å². The summed E-state index contributed by atoms with van der Waals surface area (Å²) in [6.07, 6.45) is -0.813. The molecule has 0 aliphatic heterocycles. The first kappa shape index (κ1) is 22.4. The van der Waals surface area contributed by atoms with Crippen LogP contribution in [0.25, 0.3) is 0 Å². The number of rotatable bonds is 8. The van der Waals surface area contributed by atoms with Crippen LogP contribution in [0.1, 0.15) is 31.9 Å². The predicted molar refractivity (Wildman–Crippen MR) is 111 cm³/mol. The lowest BCUT2D eigenvalue weighted by Gasteiger charge is -2.20. The van der Waals surface area contributed by atoms with Crippen LogP contribution >= 0.6 is 0 Å². The molecular weight excluding hydrogens is 390 g/mol. The summed E-state index contributed by atoms with van der Waals surface area (Å²) in [7, 11) is -3.64. The summed E-state index contributed by atoms with van der Waals surface area (Å²) in [6, 6.07) is 13.2. The molecule has 0 saturated heterocycles. The molecule has 7 nitrogen and oxygen atoms in total. The number of hydrogen-bond donors (Lipinski definition) is 1. The molecule has 0 heterocycles. The van der Waals surface area contributed by atoms with Gasteiger partial charge in [0.2, 0.25) is 10.0 Å². The van der Waals surface area contributed by atoms with Gasteiger partial charge in [0.1, 0.15) is 5.75 Å². The number of carbonyl (C=O) groups is 1. The van der Waals surface area contributed by atoms with E-state index in [0.717, 1.165) is 0 Å². The third-order valence-electron chi connectivity index (χ3n) is 4.44. The summed E-state index contributed by atoms with van der Waals surface area (Å²) < 4.78 is 32.7. The minimum absolute atomic E-state index is 0.166. The molecule has 0 spiro atoms. The molecule has 1 atom stereocenters. The first-order valence-corrected chi connectivity index (χ1v) is 10.7. The van der Waals surface area contributed by atoms with Crippen molar-refractivity contribution < 1.29 is 17.9 Å². The number of benzene rings is 2. The molecule has 0 bridgehead atoms. The molecule has 0 aliphatic carbocycles. The topological polar surface area (TPSA) is 99.5 Å². The van der Waals surface area contributed by atoms with Gasteiger partial charge in [-0.25, -0.2) is 8.42 Å². The Morgan fingerprint density at radius 2 is 1.79 bits per heavy atom. The SMILES string of the molecule is CCN(CC)S(=O)(=O)c1cc(NC(=O)C(C)Oc2ccc(C#N)cc2)ccc1C. The fraction of sp³-hybridized carbons (Fsp3) is 0.333. The number of aryl methyl sites for hydroxylation is 1. The van der Waals surface area contributed by atoms with Gasteiger partial charge in [0.05, 0.1) is 16.5 Å². The van der Waals surface area contributed by atoms with Crippen molar-refractivity contribution in [3.63, 3.8) is 0 Å². The van der Waals surface area contributed by atoms with E-state index in [1.165, 1.54) is 10.4 Å². The van der Waals surface area contributed by atoms with Crippen molar-refractivity contribution in [2.24, 2.45) is 0 Å². The maximum atomic E-state index is 12.8. The number of nitrogens with one attached hydrogen (secondary N) is 1. The molecule has 0 aliphatic rings. The average Bonchev–Trinajstić information content (AvgIpc) is 2.70. The standard InChI is InChI=1S/C21H25N3O4S/c1-5-24(6-2)29(26,27)20-13-18(10-7-15(20)3)23-21(25)16(4)28-19-11-8-17(14-22)9-12-19/h7-13,16H,5-6H2,1-4H3,(H,23,25). The van der Waals surface area contributed by atoms with Crippen LogP contribution in [0.3, 0.4) is 0 Å². The fourth-order valence-electron chi connectivity index (χ4n) is 2.77. The van der Waals surface area contributed by atoms with Crippen molar-refractivity contribution in [2.45, 2.75) is 38.7 Å². The zero-order valence-electron chi connectivity index (χ0n) is 17.0. The maximum absolute atomic E-state index is 12.8. The Hall–Kier alpha value is -2.89. The Morgan fingerprint density at radius 1 is 1.17 bits per heavy atom. The van der Waals surface area contributed by atoms with Crippen LogP contribution in [0.15, 0.2) is 47.4 Å². The predicted octanol–water partition coefficient (Wildman–Crippen LogP) is 3.30. The lowest BCUT2D eigenvalue weighted by atomic mass is 10.2. The lowest BCUT2D eigenvalue weighted by Crippen LogP contribution is -2.32. The van der Waals surface area contributed by atoms with E-state index in [9.17, 15) is 13.2 Å². The molecular formula is C21H25N3O4S. The highest BCUT2D eigenvalue weighted by atomic mass is 32.2. The number of ether oxygens (including phenoxy) is 1. The van der Waals surface area contributed by atoms with Crippen molar-refractivity contribution in [1.29, 1.82) is 5.26 Å². The second-order valence-electron chi connectivity index (χ2n) is 6.46. The molecule has 1 N–H and O–H groups in total. The van der Waals surface area contributed by atoms with E-state index in [2.05, 4.69) is 5.32 Å². The van der Waals surface area contributed by atoms with Crippen molar-refractivity contribution >= 4 is 21.6 Å². The van der Waals surface area contributed by atoms with Gasteiger partial charge in [-0.15, -0.1) is 0 Å². The van der Waals surface area contributed by atoms with Crippen LogP contribution in [-0.4, -0.2) is 37.8 Å². The van der Waals surface area contributed by atoms with Gasteiger partial charge in [-0.05, 0) is 55.8 Å². The third-order valence-corrected chi connectivity index (χ3v) is 6.64. The van der Waals surface area contributed by atoms with E-state index < -0.39 is 22.0 Å². The van der Waals surface area contributed by atoms with E-state index in [0.29, 0.717) is 35.7 Å². The van der Waals surface area contributed by atoms with E-state index in [1.807, 2.05) is 6.07 Å². The third kappa shape index (κ3) is 5.34. The Bertz CT molecular complexity index is 1010. The van der Waals surface area contributed by atoms with Gasteiger partial charge < -0.3 is 10.1 Å². The zero-order chi connectivity index (χ0) is 21.6. The summed E-state index contributed by atoms with van der Waals surface area (Å²) >= 11 is 0. The minimum atomic E-state index is -3.64. The Morgan fingerprint density at radius 3 is 2.34 bits per heavy atom. The van der Waals surface area contributed by atoms with Gasteiger partial charge in [0.15, 0.2) is 6.10 Å². The van der Waals surface area contributed by atoms with Gasteiger partial charge >= 0.3 is 0 Å². The fourth-order valence-corrected chi connectivity index (χ4v) is 4.48. The van der Waals surface area contributed by atoms with Crippen LogP contribution in [0.5, 0.6) is 5.75 Å². The maximum Gasteiger partial charge on any atom is 0.265 e. The van der Waals surface area contributed by atoms with Gasteiger partial charge in [0, 0.05) is 18.8 Å². The molecule has 2 aromatic rings. The highest BCUT2D eigenvalue weighted by Crippen LogP contribution is 2.24. The molecule has 29 heavy (non-hydrogen) atoms. The molecule has 1 unspecified atom stereocenters. The lowest BCUT2D eigenvalue weighted by molar-refractivity contribution is -0.122. The van der Waals surface area contributed by atoms with Crippen molar-refractivity contribution in [3.8, 4) is 11.8 Å². The Labute approximate surface area is 172 Å². The van der Waals surface area contributed by atoms with Gasteiger partial charge in [-0.3, -0.25) is 4.79 Å². The highest BCUT2D eigenvalue weighted by molar-refractivity contribution is 7.89. The Kier molecular flexibility index (Phi) is 7.37. The number of carbonyl (C=O) groups excluding carboxylic acids is 1. The van der Waals surface area contributed by atoms with Gasteiger partial charge in [0.25, 0.3) is 5.91 Å². The monoisotopic (exact) mass is 415 g/mol. The van der Waals surface area contributed by atoms with E-state index in [-0.39, 0.29) is 4.90 Å². The highest BCUT2D eigenvalue weighted by Gasteiger charge is 2.24. The van der Waals surface area contributed by atoms with Gasteiger partial charge in [-0.1, -0.05) is 19.9 Å². The summed E-state index contributed by atoms with van der Waals surface area (Å²) in [4.78, 5) is 12.7. The largest absolute Gasteiger partial charge is 0.481 e. The van der Waals surface area contributed by atoms with Gasteiger partial charge in [-0.2, -0.15) is 9.57 Å². The zero-order valence-corrected chi connectivity index (χ0v) is 17.8. The minimum Gasteiger partial charge on any atom is -0.481 e. The Balaban J connectivity index is 2.17. The summed E-state index contributed by atoms with van der Waals surface area (Å²) in [6.45, 7) is 7.61. The van der Waals surface area contributed by atoms with E-state index >= 15 is 0 Å². The van der Waals surface area contributed by atoms with Crippen LogP contribution < -0.4 is 10.1 Å². The molecule has 8 heteroatoms. The average molecular weight is 416 g/mol. The molecule has 0 fully saturated rings. The second-order valence-corrected chi connectivity index (χ2v) is 8.36. The van der Waals surface area contributed by atoms with Crippen molar-refractivity contribution in [3.05, 3.63) is 53.6 Å². The number of nitrogens with zero attached hydrogens (tertiary/aromatic N) is 2. The van der Waals surface area contributed by atoms with Crippen LogP contribution in [0.2, 0.25) is 0 Å². The second kappa shape index (κ2) is 9.54. The quantitative estimate of drug-likeness (QED) is 0.713. The molecule has 2 rings (SSSR count). The van der Waals surface area contributed by atoms with Crippen molar-refractivity contribution in [2.75, 3.05) is 18.4 Å². The van der Waals surface area contributed by atoms with Crippen LogP contribution in [0, 0.1) is 18.3 Å². The molecule has 2 aromatic carbocycles. The number of nitriles is 1. The molecule has 0 aromatic heterocycles. The number of anilines is 1. The normalized spacial score (nSPS) is 12.3. The molecule has 154 valence electrons. The summed E-state index contributed by atoms with van der Waals surface area (Å²) in [5.74, 6) is 0.0461. The number of amides is 1. The molecule has 0 saturated carbocycles. The smallest absolute Gasteiger partial charge is 0.265 e.